The molecule has 0 saturated carbocycles. The molecule has 6 heteroatoms. The molecule has 3 rings (SSSR count). The first-order valence-electron chi connectivity index (χ1n) is 7.67. The van der Waals surface area contributed by atoms with Gasteiger partial charge in [-0.1, -0.05) is 6.07 Å². The molecule has 0 bridgehead atoms. The molecule has 124 valence electrons. The number of rotatable bonds is 7. The van der Waals surface area contributed by atoms with Gasteiger partial charge in [0.25, 0.3) is 0 Å². The first-order valence-corrected chi connectivity index (χ1v) is 8.82. The molecular formula is C18H18FN3OS. The minimum absolute atomic E-state index is 0.181. The van der Waals surface area contributed by atoms with Crippen molar-refractivity contribution in [1.29, 1.82) is 0 Å². The number of hydrogen-bond acceptors (Lipinski definition) is 5. The Morgan fingerprint density at radius 3 is 2.92 bits per heavy atom. The average Bonchev–Trinajstić information content (AvgIpc) is 2.60. The summed E-state index contributed by atoms with van der Waals surface area (Å²) in [7, 11) is 0. The second-order valence-electron chi connectivity index (χ2n) is 5.32. The monoisotopic (exact) mass is 343 g/mol. The summed E-state index contributed by atoms with van der Waals surface area (Å²) in [6, 6.07) is 10.6. The van der Waals surface area contributed by atoms with Crippen LogP contribution in [0, 0.1) is 5.82 Å². The zero-order valence-corrected chi connectivity index (χ0v) is 13.9. The van der Waals surface area contributed by atoms with Gasteiger partial charge in [-0.25, -0.2) is 9.37 Å². The molecule has 24 heavy (non-hydrogen) atoms. The zero-order chi connectivity index (χ0) is 16.8. The van der Waals surface area contributed by atoms with Crippen molar-refractivity contribution >= 4 is 28.5 Å². The Hall–Kier alpha value is -2.18. The maximum absolute atomic E-state index is 13.8. The van der Waals surface area contributed by atoms with Crippen LogP contribution in [-0.2, 0) is 12.3 Å². The van der Waals surface area contributed by atoms with E-state index < -0.39 is 0 Å². The fourth-order valence-corrected chi connectivity index (χ4v) is 3.15. The Morgan fingerprint density at radius 1 is 1.12 bits per heavy atom. The van der Waals surface area contributed by atoms with Crippen molar-refractivity contribution in [3.8, 4) is 0 Å². The van der Waals surface area contributed by atoms with E-state index in [4.69, 9.17) is 5.11 Å². The molecule has 0 spiro atoms. The third kappa shape index (κ3) is 4.21. The lowest BCUT2D eigenvalue weighted by Gasteiger charge is -2.10. The highest BCUT2D eigenvalue weighted by Gasteiger charge is 2.06. The quantitative estimate of drug-likeness (QED) is 0.642. The van der Waals surface area contributed by atoms with E-state index in [1.165, 1.54) is 12.1 Å². The predicted octanol–water partition coefficient (Wildman–Crippen LogP) is 3.61. The largest absolute Gasteiger partial charge is 0.396 e. The van der Waals surface area contributed by atoms with Gasteiger partial charge < -0.3 is 10.4 Å². The third-order valence-corrected chi connectivity index (χ3v) is 4.55. The number of pyridine rings is 2. The molecule has 0 aliphatic carbocycles. The first-order chi connectivity index (χ1) is 11.8. The number of anilines is 1. The maximum atomic E-state index is 13.8. The number of aliphatic hydroxyl groups is 1. The number of halogens is 1. The molecule has 0 atom stereocenters. The van der Waals surface area contributed by atoms with Crippen LogP contribution in [0.25, 0.3) is 10.9 Å². The predicted molar refractivity (Wildman–Crippen MR) is 96.5 cm³/mol. The third-order valence-electron chi connectivity index (χ3n) is 3.54. The van der Waals surface area contributed by atoms with Crippen LogP contribution in [0.4, 0.5) is 10.2 Å². The zero-order valence-electron chi connectivity index (χ0n) is 13.1. The molecule has 2 aromatic heterocycles. The summed E-state index contributed by atoms with van der Waals surface area (Å²) in [5.74, 6) is 2.01. The van der Waals surface area contributed by atoms with Crippen molar-refractivity contribution < 1.29 is 9.50 Å². The lowest BCUT2D eigenvalue weighted by atomic mass is 10.1. The molecule has 0 saturated heterocycles. The molecule has 2 N–H and O–H groups in total. The number of nitrogens with zero attached hydrogens (tertiary/aromatic N) is 2. The van der Waals surface area contributed by atoms with Crippen LogP contribution in [0.2, 0.25) is 0 Å². The van der Waals surface area contributed by atoms with Crippen molar-refractivity contribution in [2.45, 2.75) is 12.3 Å². The van der Waals surface area contributed by atoms with E-state index in [1.54, 1.807) is 30.2 Å². The van der Waals surface area contributed by atoms with E-state index in [0.717, 1.165) is 33.6 Å². The van der Waals surface area contributed by atoms with Gasteiger partial charge >= 0.3 is 0 Å². The fraction of sp³-hybridized carbons (Fsp3) is 0.222. The molecule has 0 aliphatic heterocycles. The van der Waals surface area contributed by atoms with Crippen molar-refractivity contribution in [2.75, 3.05) is 17.7 Å². The minimum Gasteiger partial charge on any atom is -0.396 e. The number of fused-ring (bicyclic) bond motifs is 1. The van der Waals surface area contributed by atoms with Crippen LogP contribution in [0.1, 0.15) is 11.1 Å². The van der Waals surface area contributed by atoms with Gasteiger partial charge in [-0.05, 0) is 35.9 Å². The molecule has 4 nitrogen and oxygen atoms in total. The van der Waals surface area contributed by atoms with Crippen LogP contribution in [-0.4, -0.2) is 27.4 Å². The number of benzene rings is 1. The van der Waals surface area contributed by atoms with Gasteiger partial charge in [0.15, 0.2) is 0 Å². The second-order valence-corrected chi connectivity index (χ2v) is 6.42. The Kier molecular flexibility index (Phi) is 5.61. The SMILES string of the molecule is OCCSCc1ccnc(NCc2cc(F)cc3cccnc23)c1. The van der Waals surface area contributed by atoms with Crippen molar-refractivity contribution in [3.05, 3.63) is 65.7 Å². The molecule has 0 radical (unpaired) electrons. The summed E-state index contributed by atoms with van der Waals surface area (Å²) in [5, 5.41) is 12.9. The minimum atomic E-state index is -0.269. The number of aliphatic hydroxyl groups excluding tert-OH is 1. The van der Waals surface area contributed by atoms with Crippen molar-refractivity contribution in [3.63, 3.8) is 0 Å². The van der Waals surface area contributed by atoms with Gasteiger partial charge in [0, 0.05) is 41.4 Å². The highest BCUT2D eigenvalue weighted by molar-refractivity contribution is 7.98. The van der Waals surface area contributed by atoms with Crippen LogP contribution in [0.15, 0.2) is 48.8 Å². The van der Waals surface area contributed by atoms with E-state index in [9.17, 15) is 4.39 Å². The van der Waals surface area contributed by atoms with Gasteiger partial charge in [0.05, 0.1) is 12.1 Å². The molecule has 1 aromatic carbocycles. The molecular weight excluding hydrogens is 325 g/mol. The van der Waals surface area contributed by atoms with Crippen molar-refractivity contribution in [1.82, 2.24) is 9.97 Å². The van der Waals surface area contributed by atoms with E-state index in [0.29, 0.717) is 12.3 Å². The molecule has 3 aromatic rings. The highest BCUT2D eigenvalue weighted by atomic mass is 32.2. The molecule has 0 fully saturated rings. The van der Waals surface area contributed by atoms with Gasteiger partial charge in [0.1, 0.15) is 11.6 Å². The summed E-state index contributed by atoms with van der Waals surface area (Å²) >= 11 is 1.67. The Balaban J connectivity index is 1.73. The van der Waals surface area contributed by atoms with E-state index in [1.807, 2.05) is 18.2 Å². The normalized spacial score (nSPS) is 10.9. The fourth-order valence-electron chi connectivity index (χ4n) is 2.46. The Morgan fingerprint density at radius 2 is 2.04 bits per heavy atom. The van der Waals surface area contributed by atoms with Gasteiger partial charge in [0.2, 0.25) is 0 Å². The van der Waals surface area contributed by atoms with Crippen LogP contribution >= 0.6 is 11.8 Å². The summed E-state index contributed by atoms with van der Waals surface area (Å²) in [6.07, 6.45) is 3.46. The van der Waals surface area contributed by atoms with E-state index >= 15 is 0 Å². The number of aromatic nitrogens is 2. The molecule has 0 unspecified atom stereocenters. The first kappa shape index (κ1) is 16.7. The lowest BCUT2D eigenvalue weighted by Crippen LogP contribution is -2.03. The van der Waals surface area contributed by atoms with Gasteiger partial charge in [-0.2, -0.15) is 11.8 Å². The summed E-state index contributed by atoms with van der Waals surface area (Å²) < 4.78 is 13.8. The number of hydrogen-bond donors (Lipinski definition) is 2. The van der Waals surface area contributed by atoms with E-state index in [2.05, 4.69) is 15.3 Å². The maximum Gasteiger partial charge on any atom is 0.126 e. The Bertz CT molecular complexity index is 828. The van der Waals surface area contributed by atoms with Gasteiger partial charge in [-0.3, -0.25) is 4.98 Å². The molecule has 0 aliphatic rings. The molecule has 2 heterocycles. The molecule has 0 amide bonds. The average molecular weight is 343 g/mol. The smallest absolute Gasteiger partial charge is 0.126 e. The summed E-state index contributed by atoms with van der Waals surface area (Å²) in [6.45, 7) is 0.631. The van der Waals surface area contributed by atoms with E-state index in [-0.39, 0.29) is 12.4 Å². The lowest BCUT2D eigenvalue weighted by molar-refractivity contribution is 0.322. The standard InChI is InChI=1S/C18H18FN3OS/c19-16-9-14-2-1-4-21-18(14)15(10-16)11-22-17-8-13(3-5-20-17)12-24-7-6-23/h1-5,8-10,23H,6-7,11-12H2,(H,20,22). The van der Waals surface area contributed by atoms with Crippen LogP contribution in [0.5, 0.6) is 0 Å². The summed E-state index contributed by atoms with van der Waals surface area (Å²) in [4.78, 5) is 8.65. The second kappa shape index (κ2) is 8.08. The highest BCUT2D eigenvalue weighted by Crippen LogP contribution is 2.20. The van der Waals surface area contributed by atoms with Crippen molar-refractivity contribution in [2.24, 2.45) is 0 Å². The van der Waals surface area contributed by atoms with Crippen LogP contribution < -0.4 is 5.32 Å². The number of nitrogens with one attached hydrogen (secondary N) is 1. The topological polar surface area (TPSA) is 58.0 Å². The summed E-state index contributed by atoms with van der Waals surface area (Å²) in [5.41, 5.74) is 2.72. The Labute approximate surface area is 144 Å². The van der Waals surface area contributed by atoms with Crippen LogP contribution in [0.3, 0.4) is 0 Å². The number of thioether (sulfide) groups is 1. The van der Waals surface area contributed by atoms with Gasteiger partial charge in [-0.15, -0.1) is 0 Å².